The number of nitriles is 1. The van der Waals surface area contributed by atoms with Gasteiger partial charge in [0.05, 0.1) is 5.39 Å². The number of nitrogens with one attached hydrogen (secondary N) is 2. The Bertz CT molecular complexity index is 922. The highest BCUT2D eigenvalue weighted by Gasteiger charge is 2.17. The number of aryl methyl sites for hydroxylation is 1. The van der Waals surface area contributed by atoms with Gasteiger partial charge in [0.25, 0.3) is 0 Å². The van der Waals surface area contributed by atoms with Gasteiger partial charge in [0.15, 0.2) is 17.3 Å². The van der Waals surface area contributed by atoms with Crippen LogP contribution in [0.25, 0.3) is 11.0 Å². The molecule has 5 nitrogen and oxygen atoms in total. The number of rotatable bonds is 2. The molecule has 1 aliphatic rings. The molecule has 2 N–H and O–H groups in total. The molecule has 0 bridgehead atoms. The van der Waals surface area contributed by atoms with Crippen LogP contribution in [0.15, 0.2) is 24.3 Å². The number of nitrogens with zero attached hydrogens (tertiary/aromatic N) is 3. The highest BCUT2D eigenvalue weighted by Crippen LogP contribution is 2.31. The third-order valence-corrected chi connectivity index (χ3v) is 4.01. The molecule has 108 valence electrons. The molecule has 0 spiro atoms. The van der Waals surface area contributed by atoms with Gasteiger partial charge in [0.2, 0.25) is 0 Å². The van der Waals surface area contributed by atoms with Gasteiger partial charge in [-0.3, -0.25) is 5.10 Å². The standard InChI is InChI=1S/C16H12FN5/c17-12-7-11-14(8-18)21-22-15(11)20-16(12)19-13-6-2-4-9-3-1-5-10(9)13/h2,4,6-7H,1,3,5H2,(H2,19,20,21,22). The molecule has 0 saturated heterocycles. The zero-order chi connectivity index (χ0) is 15.1. The van der Waals surface area contributed by atoms with Crippen molar-refractivity contribution in [2.45, 2.75) is 19.3 Å². The van der Waals surface area contributed by atoms with Crippen molar-refractivity contribution in [3.05, 3.63) is 46.9 Å². The second-order valence-electron chi connectivity index (χ2n) is 5.32. The molecule has 0 unspecified atom stereocenters. The van der Waals surface area contributed by atoms with E-state index in [-0.39, 0.29) is 11.5 Å². The normalized spacial score (nSPS) is 13.1. The lowest BCUT2D eigenvalue weighted by atomic mass is 10.1. The number of pyridine rings is 1. The predicted molar refractivity (Wildman–Crippen MR) is 80.3 cm³/mol. The first-order chi connectivity index (χ1) is 10.8. The van der Waals surface area contributed by atoms with E-state index in [1.807, 2.05) is 18.2 Å². The van der Waals surface area contributed by atoms with Crippen molar-refractivity contribution in [1.82, 2.24) is 15.2 Å². The monoisotopic (exact) mass is 293 g/mol. The van der Waals surface area contributed by atoms with E-state index in [9.17, 15) is 4.39 Å². The second-order valence-corrected chi connectivity index (χ2v) is 5.32. The summed E-state index contributed by atoms with van der Waals surface area (Å²) in [6, 6.07) is 9.22. The molecule has 4 rings (SSSR count). The van der Waals surface area contributed by atoms with Gasteiger partial charge in [-0.05, 0) is 42.5 Å². The van der Waals surface area contributed by atoms with Crippen molar-refractivity contribution >= 4 is 22.5 Å². The lowest BCUT2D eigenvalue weighted by Crippen LogP contribution is -2.00. The Morgan fingerprint density at radius 1 is 1.32 bits per heavy atom. The lowest BCUT2D eigenvalue weighted by Gasteiger charge is -2.11. The number of halogens is 1. The van der Waals surface area contributed by atoms with Crippen LogP contribution in [0.5, 0.6) is 0 Å². The first-order valence-corrected chi connectivity index (χ1v) is 7.09. The van der Waals surface area contributed by atoms with Crippen LogP contribution < -0.4 is 5.32 Å². The van der Waals surface area contributed by atoms with Gasteiger partial charge in [-0.15, -0.1) is 0 Å². The van der Waals surface area contributed by atoms with Crippen LogP contribution in [-0.4, -0.2) is 15.2 Å². The highest BCUT2D eigenvalue weighted by molar-refractivity contribution is 5.82. The maximum Gasteiger partial charge on any atom is 0.184 e. The topological polar surface area (TPSA) is 77.4 Å². The Morgan fingerprint density at radius 3 is 3.09 bits per heavy atom. The highest BCUT2D eigenvalue weighted by atomic mass is 19.1. The minimum atomic E-state index is -0.499. The zero-order valence-electron chi connectivity index (χ0n) is 11.7. The van der Waals surface area contributed by atoms with E-state index in [0.717, 1.165) is 24.9 Å². The Kier molecular flexibility index (Phi) is 2.79. The predicted octanol–water partition coefficient (Wildman–Crippen LogP) is 3.20. The molecule has 6 heteroatoms. The average molecular weight is 293 g/mol. The summed E-state index contributed by atoms with van der Waals surface area (Å²) in [7, 11) is 0. The number of anilines is 2. The molecule has 0 aliphatic heterocycles. The van der Waals surface area contributed by atoms with Crippen molar-refractivity contribution in [3.63, 3.8) is 0 Å². The molecule has 0 radical (unpaired) electrons. The fraction of sp³-hybridized carbons (Fsp3) is 0.188. The van der Waals surface area contributed by atoms with Crippen LogP contribution in [0.3, 0.4) is 0 Å². The molecule has 2 heterocycles. The molecular formula is C16H12FN5. The number of hydrogen-bond acceptors (Lipinski definition) is 4. The van der Waals surface area contributed by atoms with Crippen LogP contribution >= 0.6 is 0 Å². The van der Waals surface area contributed by atoms with Crippen molar-refractivity contribution < 1.29 is 4.39 Å². The van der Waals surface area contributed by atoms with Crippen LogP contribution in [0, 0.1) is 17.1 Å². The van der Waals surface area contributed by atoms with Gasteiger partial charge < -0.3 is 5.32 Å². The number of H-pyrrole nitrogens is 1. The first kappa shape index (κ1) is 12.8. The van der Waals surface area contributed by atoms with E-state index in [0.29, 0.717) is 11.0 Å². The first-order valence-electron chi connectivity index (χ1n) is 7.09. The smallest absolute Gasteiger partial charge is 0.184 e. The van der Waals surface area contributed by atoms with Crippen LogP contribution in [0.2, 0.25) is 0 Å². The van der Waals surface area contributed by atoms with E-state index in [1.54, 1.807) is 0 Å². The minimum absolute atomic E-state index is 0.129. The lowest BCUT2D eigenvalue weighted by molar-refractivity contribution is 0.629. The Labute approximate surface area is 125 Å². The quantitative estimate of drug-likeness (QED) is 0.760. The molecule has 1 aliphatic carbocycles. The fourth-order valence-electron chi connectivity index (χ4n) is 2.95. The van der Waals surface area contributed by atoms with Crippen LogP contribution in [0.1, 0.15) is 23.2 Å². The molecule has 3 aromatic rings. The third-order valence-electron chi connectivity index (χ3n) is 4.01. The van der Waals surface area contributed by atoms with E-state index in [2.05, 4.69) is 26.6 Å². The number of fused-ring (bicyclic) bond motifs is 2. The van der Waals surface area contributed by atoms with E-state index in [4.69, 9.17) is 5.26 Å². The number of aromatic amines is 1. The van der Waals surface area contributed by atoms with Gasteiger partial charge >= 0.3 is 0 Å². The van der Waals surface area contributed by atoms with Crippen LogP contribution in [-0.2, 0) is 12.8 Å². The van der Waals surface area contributed by atoms with Crippen molar-refractivity contribution in [1.29, 1.82) is 5.26 Å². The molecule has 1 aromatic carbocycles. The number of benzene rings is 1. The summed E-state index contributed by atoms with van der Waals surface area (Å²) >= 11 is 0. The maximum atomic E-state index is 14.3. The molecule has 0 atom stereocenters. The Morgan fingerprint density at radius 2 is 2.23 bits per heavy atom. The van der Waals surface area contributed by atoms with Gasteiger partial charge in [0, 0.05) is 5.69 Å². The summed E-state index contributed by atoms with van der Waals surface area (Å²) in [6.45, 7) is 0. The van der Waals surface area contributed by atoms with E-state index in [1.165, 1.54) is 17.2 Å². The molecule has 2 aromatic heterocycles. The largest absolute Gasteiger partial charge is 0.337 e. The van der Waals surface area contributed by atoms with Crippen molar-refractivity contribution in [2.75, 3.05) is 5.32 Å². The Hall–Kier alpha value is -2.94. The summed E-state index contributed by atoms with van der Waals surface area (Å²) in [5, 5.41) is 18.9. The fourth-order valence-corrected chi connectivity index (χ4v) is 2.95. The summed E-state index contributed by atoms with van der Waals surface area (Å²) in [5.74, 6) is -0.371. The third kappa shape index (κ3) is 1.91. The summed E-state index contributed by atoms with van der Waals surface area (Å²) in [6.07, 6.45) is 3.17. The molecule has 22 heavy (non-hydrogen) atoms. The summed E-state index contributed by atoms with van der Waals surface area (Å²) in [5.41, 5.74) is 3.96. The SMILES string of the molecule is N#Cc1[nH]nc2nc(Nc3cccc4c3CCC4)c(F)cc12. The van der Waals surface area contributed by atoms with Crippen molar-refractivity contribution in [3.8, 4) is 6.07 Å². The van der Waals surface area contributed by atoms with E-state index >= 15 is 0 Å². The van der Waals surface area contributed by atoms with Gasteiger partial charge in [-0.25, -0.2) is 9.37 Å². The van der Waals surface area contributed by atoms with Gasteiger partial charge in [0.1, 0.15) is 11.8 Å². The average Bonchev–Trinajstić information content (AvgIpc) is 3.14. The summed E-state index contributed by atoms with van der Waals surface area (Å²) < 4.78 is 14.3. The molecule has 0 amide bonds. The van der Waals surface area contributed by atoms with E-state index < -0.39 is 5.82 Å². The molecule has 0 saturated carbocycles. The maximum absolute atomic E-state index is 14.3. The van der Waals surface area contributed by atoms with Crippen LogP contribution in [0.4, 0.5) is 15.9 Å². The summed E-state index contributed by atoms with van der Waals surface area (Å²) in [4.78, 5) is 4.18. The molecule has 0 fully saturated rings. The Balaban J connectivity index is 1.78. The number of aromatic nitrogens is 3. The second kappa shape index (κ2) is 4.81. The molecular weight excluding hydrogens is 281 g/mol. The minimum Gasteiger partial charge on any atom is -0.337 e. The number of hydrogen-bond donors (Lipinski definition) is 2. The zero-order valence-corrected chi connectivity index (χ0v) is 11.7. The van der Waals surface area contributed by atoms with Gasteiger partial charge in [-0.2, -0.15) is 10.4 Å². The van der Waals surface area contributed by atoms with Crippen molar-refractivity contribution in [2.24, 2.45) is 0 Å². The van der Waals surface area contributed by atoms with Gasteiger partial charge in [-0.1, -0.05) is 12.1 Å².